The molecular weight excluding hydrogens is 170 g/mol. The van der Waals surface area contributed by atoms with Gasteiger partial charge in [0.15, 0.2) is 0 Å². The molecule has 0 atom stereocenters. The van der Waals surface area contributed by atoms with Crippen LogP contribution in [-0.2, 0) is 0 Å². The molecule has 0 heterocycles. The Morgan fingerprint density at radius 2 is 1.92 bits per heavy atom. The van der Waals surface area contributed by atoms with Crippen LogP contribution in [0.15, 0.2) is 35.9 Å². The second kappa shape index (κ2) is 3.94. The van der Waals surface area contributed by atoms with Gasteiger partial charge in [-0.05, 0) is 12.5 Å². The molecule has 0 fully saturated rings. The molecule has 12 heavy (non-hydrogen) atoms. The highest BCUT2D eigenvalue weighted by atomic mass is 35.5. The number of halogens is 1. The molecule has 0 aliphatic carbocycles. The third kappa shape index (κ3) is 1.87. The summed E-state index contributed by atoms with van der Waals surface area (Å²) in [5, 5.41) is 9.10. The van der Waals surface area contributed by atoms with Gasteiger partial charge in [0.25, 0.3) is 0 Å². The molecule has 0 aliphatic heterocycles. The minimum atomic E-state index is 0.526. The van der Waals surface area contributed by atoms with Crippen LogP contribution in [0.2, 0.25) is 0 Å². The van der Waals surface area contributed by atoms with E-state index in [4.69, 9.17) is 16.9 Å². The van der Waals surface area contributed by atoms with E-state index in [0.717, 1.165) is 5.56 Å². The summed E-state index contributed by atoms with van der Waals surface area (Å²) in [6.07, 6.45) is 0. The molecule has 60 valence electrons. The molecule has 1 aromatic carbocycles. The standard InChI is InChI=1S/C10H8ClN/c1-8(7-12)10(11)9-5-3-2-4-6-9/h2-6H,1H3/b10-8-. The van der Waals surface area contributed by atoms with Crippen molar-refractivity contribution >= 4 is 16.6 Å². The van der Waals surface area contributed by atoms with Gasteiger partial charge in [-0.2, -0.15) is 5.26 Å². The van der Waals surface area contributed by atoms with Crippen LogP contribution in [0, 0.1) is 11.3 Å². The first kappa shape index (κ1) is 8.83. The van der Waals surface area contributed by atoms with Gasteiger partial charge >= 0.3 is 0 Å². The van der Waals surface area contributed by atoms with E-state index >= 15 is 0 Å². The van der Waals surface area contributed by atoms with Gasteiger partial charge < -0.3 is 0 Å². The summed E-state index contributed by atoms with van der Waals surface area (Å²) in [5.74, 6) is 0. The zero-order valence-corrected chi connectivity index (χ0v) is 7.47. The van der Waals surface area contributed by atoms with Crippen LogP contribution in [0.5, 0.6) is 0 Å². The van der Waals surface area contributed by atoms with Gasteiger partial charge in [-0.15, -0.1) is 0 Å². The first-order chi connectivity index (χ1) is 5.75. The highest BCUT2D eigenvalue weighted by Crippen LogP contribution is 2.21. The molecule has 1 nitrogen and oxygen atoms in total. The molecule has 1 aromatic rings. The fraction of sp³-hybridized carbons (Fsp3) is 0.100. The summed E-state index contributed by atoms with van der Waals surface area (Å²) in [7, 11) is 0. The zero-order chi connectivity index (χ0) is 8.97. The van der Waals surface area contributed by atoms with Crippen molar-refractivity contribution in [3.05, 3.63) is 41.5 Å². The van der Waals surface area contributed by atoms with Gasteiger partial charge in [-0.3, -0.25) is 0 Å². The molecule has 0 saturated carbocycles. The van der Waals surface area contributed by atoms with E-state index in [1.54, 1.807) is 6.92 Å². The maximum atomic E-state index is 8.57. The Kier molecular flexibility index (Phi) is 2.90. The van der Waals surface area contributed by atoms with Crippen LogP contribution in [0.3, 0.4) is 0 Å². The Balaban J connectivity index is 3.11. The van der Waals surface area contributed by atoms with Gasteiger partial charge in [0.1, 0.15) is 0 Å². The third-order valence-corrected chi connectivity index (χ3v) is 2.03. The third-order valence-electron chi connectivity index (χ3n) is 1.52. The molecule has 1 rings (SSSR count). The highest BCUT2D eigenvalue weighted by Gasteiger charge is 2.00. The van der Waals surface area contributed by atoms with Crippen molar-refractivity contribution in [2.75, 3.05) is 0 Å². The van der Waals surface area contributed by atoms with E-state index in [1.807, 2.05) is 36.4 Å². The van der Waals surface area contributed by atoms with Gasteiger partial charge in [0.2, 0.25) is 0 Å². The average molecular weight is 178 g/mol. The Morgan fingerprint density at radius 1 is 1.33 bits per heavy atom. The fourth-order valence-corrected chi connectivity index (χ4v) is 1.02. The van der Waals surface area contributed by atoms with E-state index in [0.29, 0.717) is 10.6 Å². The number of rotatable bonds is 1. The second-order valence-electron chi connectivity index (χ2n) is 2.42. The first-order valence-corrected chi connectivity index (χ1v) is 3.95. The lowest BCUT2D eigenvalue weighted by atomic mass is 10.1. The Bertz CT molecular complexity index is 333. The van der Waals surface area contributed by atoms with Crippen LogP contribution in [-0.4, -0.2) is 0 Å². The van der Waals surface area contributed by atoms with Gasteiger partial charge in [0.05, 0.1) is 11.1 Å². The van der Waals surface area contributed by atoms with E-state index in [-0.39, 0.29) is 0 Å². The van der Waals surface area contributed by atoms with Crippen LogP contribution in [0.4, 0.5) is 0 Å². The minimum absolute atomic E-state index is 0.526. The molecule has 0 radical (unpaired) electrons. The largest absolute Gasteiger partial charge is 0.193 e. The number of hydrogen-bond donors (Lipinski definition) is 0. The Morgan fingerprint density at radius 3 is 2.42 bits per heavy atom. The molecule has 0 spiro atoms. The number of allylic oxidation sites excluding steroid dienone is 1. The molecule has 0 saturated heterocycles. The Labute approximate surface area is 76.9 Å². The lowest BCUT2D eigenvalue weighted by Crippen LogP contribution is -1.78. The smallest absolute Gasteiger partial charge is 0.0959 e. The monoisotopic (exact) mass is 177 g/mol. The van der Waals surface area contributed by atoms with Gasteiger partial charge in [-0.1, -0.05) is 41.9 Å². The number of benzene rings is 1. The number of nitriles is 1. The van der Waals surface area contributed by atoms with Crippen molar-refractivity contribution in [3.8, 4) is 6.07 Å². The quantitative estimate of drug-likeness (QED) is 0.605. The van der Waals surface area contributed by atoms with Crippen molar-refractivity contribution in [2.24, 2.45) is 0 Å². The van der Waals surface area contributed by atoms with Crippen LogP contribution < -0.4 is 0 Å². The van der Waals surface area contributed by atoms with Crippen molar-refractivity contribution in [3.63, 3.8) is 0 Å². The van der Waals surface area contributed by atoms with Crippen molar-refractivity contribution in [2.45, 2.75) is 6.92 Å². The lowest BCUT2D eigenvalue weighted by Gasteiger charge is -1.98. The normalized spacial score (nSPS) is 11.8. The van der Waals surface area contributed by atoms with E-state index in [9.17, 15) is 0 Å². The molecule has 0 N–H and O–H groups in total. The Hall–Kier alpha value is -1.26. The van der Waals surface area contributed by atoms with E-state index in [1.165, 1.54) is 0 Å². The predicted octanol–water partition coefficient (Wildman–Crippen LogP) is 3.18. The van der Waals surface area contributed by atoms with Crippen molar-refractivity contribution in [1.82, 2.24) is 0 Å². The highest BCUT2D eigenvalue weighted by molar-refractivity contribution is 6.49. The summed E-state index contributed by atoms with van der Waals surface area (Å²) < 4.78 is 0. The lowest BCUT2D eigenvalue weighted by molar-refractivity contribution is 1.45. The topological polar surface area (TPSA) is 23.8 Å². The zero-order valence-electron chi connectivity index (χ0n) is 6.71. The SMILES string of the molecule is C/C(C#N)=C(/Cl)c1ccccc1. The average Bonchev–Trinajstić information content (AvgIpc) is 2.17. The molecule has 0 amide bonds. The van der Waals surface area contributed by atoms with E-state index < -0.39 is 0 Å². The van der Waals surface area contributed by atoms with Crippen LogP contribution >= 0.6 is 11.6 Å². The fourth-order valence-electron chi connectivity index (χ4n) is 0.850. The predicted molar refractivity (Wildman–Crippen MR) is 50.5 cm³/mol. The van der Waals surface area contributed by atoms with Crippen molar-refractivity contribution in [1.29, 1.82) is 5.26 Å². The van der Waals surface area contributed by atoms with Gasteiger partial charge in [0, 0.05) is 5.57 Å². The first-order valence-electron chi connectivity index (χ1n) is 3.57. The molecule has 2 heteroatoms. The van der Waals surface area contributed by atoms with Crippen LogP contribution in [0.1, 0.15) is 12.5 Å². The molecule has 0 bridgehead atoms. The number of hydrogen-bond acceptors (Lipinski definition) is 1. The molecule has 0 aromatic heterocycles. The summed E-state index contributed by atoms with van der Waals surface area (Å²) in [5.41, 5.74) is 1.43. The molecule has 0 unspecified atom stereocenters. The summed E-state index contributed by atoms with van der Waals surface area (Å²) in [4.78, 5) is 0. The summed E-state index contributed by atoms with van der Waals surface area (Å²) in [6, 6.07) is 11.5. The van der Waals surface area contributed by atoms with E-state index in [2.05, 4.69) is 0 Å². The van der Waals surface area contributed by atoms with Gasteiger partial charge in [-0.25, -0.2) is 0 Å². The molecular formula is C10H8ClN. The minimum Gasteiger partial charge on any atom is -0.193 e. The maximum Gasteiger partial charge on any atom is 0.0959 e. The van der Waals surface area contributed by atoms with Crippen molar-refractivity contribution < 1.29 is 0 Å². The summed E-state index contributed by atoms with van der Waals surface area (Å²) >= 11 is 5.91. The molecule has 0 aliphatic rings. The number of nitrogens with zero attached hydrogens (tertiary/aromatic N) is 1. The van der Waals surface area contributed by atoms with Crippen LogP contribution in [0.25, 0.3) is 5.03 Å². The summed E-state index contributed by atoms with van der Waals surface area (Å²) in [6.45, 7) is 1.70. The second-order valence-corrected chi connectivity index (χ2v) is 2.79. The maximum absolute atomic E-state index is 8.57.